The molecular formula is C12H25NO. The Morgan fingerprint density at radius 3 is 2.36 bits per heavy atom. The number of nitrogens with zero attached hydrogens (tertiary/aromatic N) is 1. The molecule has 1 saturated heterocycles. The summed E-state index contributed by atoms with van der Waals surface area (Å²) in [5, 5.41) is 9.89. The van der Waals surface area contributed by atoms with Crippen molar-refractivity contribution in [1.82, 2.24) is 4.90 Å². The van der Waals surface area contributed by atoms with E-state index in [-0.39, 0.29) is 11.6 Å². The van der Waals surface area contributed by atoms with Crippen LogP contribution in [-0.4, -0.2) is 34.2 Å². The lowest BCUT2D eigenvalue weighted by atomic mass is 9.89. The molecule has 0 radical (unpaired) electrons. The molecule has 0 spiro atoms. The van der Waals surface area contributed by atoms with Gasteiger partial charge in [-0.25, -0.2) is 0 Å². The van der Waals surface area contributed by atoms with E-state index in [1.54, 1.807) is 0 Å². The maximum Gasteiger partial charge on any atom is 0.0693 e. The van der Waals surface area contributed by atoms with E-state index >= 15 is 0 Å². The van der Waals surface area contributed by atoms with Gasteiger partial charge in [-0.1, -0.05) is 13.8 Å². The van der Waals surface area contributed by atoms with Crippen LogP contribution in [0.5, 0.6) is 0 Å². The molecule has 2 nitrogen and oxygen atoms in total. The van der Waals surface area contributed by atoms with Crippen LogP contribution < -0.4 is 0 Å². The summed E-state index contributed by atoms with van der Waals surface area (Å²) in [6, 6.07) is 0.606. The van der Waals surface area contributed by atoms with E-state index in [1.807, 2.05) is 6.92 Å². The van der Waals surface area contributed by atoms with E-state index in [1.165, 1.54) is 6.42 Å². The number of rotatable bonds is 3. The van der Waals surface area contributed by atoms with Crippen molar-refractivity contribution in [2.75, 3.05) is 6.54 Å². The summed E-state index contributed by atoms with van der Waals surface area (Å²) in [7, 11) is 0. The molecule has 1 N–H and O–H groups in total. The second-order valence-electron chi connectivity index (χ2n) is 5.09. The molecule has 14 heavy (non-hydrogen) atoms. The molecule has 0 aromatic carbocycles. The molecule has 0 bridgehead atoms. The van der Waals surface area contributed by atoms with Crippen LogP contribution >= 0.6 is 0 Å². The molecule has 1 aliphatic rings. The van der Waals surface area contributed by atoms with Crippen LogP contribution in [0.15, 0.2) is 0 Å². The number of hydrogen-bond donors (Lipinski definition) is 1. The van der Waals surface area contributed by atoms with Gasteiger partial charge in [-0.15, -0.1) is 0 Å². The first-order chi connectivity index (χ1) is 6.43. The Morgan fingerprint density at radius 1 is 1.50 bits per heavy atom. The van der Waals surface area contributed by atoms with Crippen molar-refractivity contribution in [3.63, 3.8) is 0 Å². The smallest absolute Gasteiger partial charge is 0.0693 e. The van der Waals surface area contributed by atoms with E-state index in [0.717, 1.165) is 18.9 Å². The zero-order chi connectivity index (χ0) is 10.9. The Kier molecular flexibility index (Phi) is 3.59. The third kappa shape index (κ3) is 1.82. The molecule has 1 aliphatic heterocycles. The summed E-state index contributed by atoms with van der Waals surface area (Å²) < 4.78 is 0. The van der Waals surface area contributed by atoms with Crippen LogP contribution in [0.3, 0.4) is 0 Å². The van der Waals surface area contributed by atoms with Crippen LogP contribution in [0.2, 0.25) is 0 Å². The topological polar surface area (TPSA) is 23.5 Å². The van der Waals surface area contributed by atoms with Gasteiger partial charge in [0.05, 0.1) is 6.10 Å². The first-order valence-electron chi connectivity index (χ1n) is 5.88. The summed E-state index contributed by atoms with van der Waals surface area (Å²) in [6.07, 6.45) is 2.03. The maximum absolute atomic E-state index is 9.89. The predicted octanol–water partition coefficient (Wildman–Crippen LogP) is 2.27. The van der Waals surface area contributed by atoms with E-state index in [4.69, 9.17) is 0 Å². The summed E-state index contributed by atoms with van der Waals surface area (Å²) in [5.41, 5.74) is -0.0375. The standard InChI is InChI=1S/C12H25NO/c1-6-12(5,11(4)14)13-8-7-9(2)10(13)3/h9-11,14H,6-8H2,1-5H3. The maximum atomic E-state index is 9.89. The molecule has 0 saturated carbocycles. The van der Waals surface area contributed by atoms with Crippen LogP contribution in [-0.2, 0) is 0 Å². The third-order valence-electron chi connectivity index (χ3n) is 4.41. The fourth-order valence-corrected chi connectivity index (χ4v) is 2.55. The van der Waals surface area contributed by atoms with Crippen LogP contribution in [0.1, 0.15) is 47.5 Å². The van der Waals surface area contributed by atoms with E-state index in [0.29, 0.717) is 6.04 Å². The third-order valence-corrected chi connectivity index (χ3v) is 4.41. The normalized spacial score (nSPS) is 35.6. The molecule has 1 fully saturated rings. The highest BCUT2D eigenvalue weighted by Gasteiger charge is 2.41. The number of aliphatic hydroxyl groups is 1. The van der Waals surface area contributed by atoms with Crippen molar-refractivity contribution in [2.24, 2.45) is 5.92 Å². The van der Waals surface area contributed by atoms with Gasteiger partial charge in [-0.2, -0.15) is 0 Å². The minimum atomic E-state index is -0.250. The predicted molar refractivity (Wildman–Crippen MR) is 60.3 cm³/mol. The fraction of sp³-hybridized carbons (Fsp3) is 1.00. The summed E-state index contributed by atoms with van der Waals surface area (Å²) in [6.45, 7) is 12.0. The van der Waals surface area contributed by atoms with Gasteiger partial charge in [0.25, 0.3) is 0 Å². The van der Waals surface area contributed by atoms with Crippen molar-refractivity contribution in [1.29, 1.82) is 0 Å². The average molecular weight is 199 g/mol. The fourth-order valence-electron chi connectivity index (χ4n) is 2.55. The van der Waals surface area contributed by atoms with Crippen molar-refractivity contribution in [3.05, 3.63) is 0 Å². The van der Waals surface area contributed by atoms with Gasteiger partial charge in [0.1, 0.15) is 0 Å². The molecule has 1 rings (SSSR count). The van der Waals surface area contributed by atoms with Gasteiger partial charge in [0.2, 0.25) is 0 Å². The highest BCUT2D eigenvalue weighted by atomic mass is 16.3. The van der Waals surface area contributed by atoms with Crippen molar-refractivity contribution >= 4 is 0 Å². The molecule has 0 aromatic rings. The van der Waals surface area contributed by atoms with Crippen molar-refractivity contribution in [2.45, 2.75) is 65.1 Å². The van der Waals surface area contributed by atoms with Crippen LogP contribution in [0.25, 0.3) is 0 Å². The zero-order valence-electron chi connectivity index (χ0n) is 10.2. The van der Waals surface area contributed by atoms with Crippen molar-refractivity contribution < 1.29 is 5.11 Å². The van der Waals surface area contributed by atoms with E-state index < -0.39 is 0 Å². The Labute approximate surface area is 88.3 Å². The first-order valence-corrected chi connectivity index (χ1v) is 5.88. The number of likely N-dealkylation sites (tertiary alicyclic amines) is 1. The van der Waals surface area contributed by atoms with Crippen LogP contribution in [0, 0.1) is 5.92 Å². The second-order valence-corrected chi connectivity index (χ2v) is 5.09. The summed E-state index contributed by atoms with van der Waals surface area (Å²) >= 11 is 0. The van der Waals surface area contributed by atoms with Gasteiger partial charge in [0, 0.05) is 11.6 Å². The number of hydrogen-bond acceptors (Lipinski definition) is 2. The molecule has 2 heteroatoms. The molecule has 0 aliphatic carbocycles. The van der Waals surface area contributed by atoms with Crippen molar-refractivity contribution in [3.8, 4) is 0 Å². The summed E-state index contributed by atoms with van der Waals surface area (Å²) in [4.78, 5) is 2.49. The zero-order valence-corrected chi connectivity index (χ0v) is 10.2. The van der Waals surface area contributed by atoms with Gasteiger partial charge in [0.15, 0.2) is 0 Å². The lowest BCUT2D eigenvalue weighted by molar-refractivity contribution is -0.0221. The van der Waals surface area contributed by atoms with Crippen LogP contribution in [0.4, 0.5) is 0 Å². The largest absolute Gasteiger partial charge is 0.391 e. The molecule has 4 unspecified atom stereocenters. The van der Waals surface area contributed by atoms with Gasteiger partial charge < -0.3 is 5.11 Å². The molecule has 0 amide bonds. The number of aliphatic hydroxyl groups excluding tert-OH is 1. The molecule has 0 aromatic heterocycles. The highest BCUT2D eigenvalue weighted by molar-refractivity contribution is 4.96. The Balaban J connectivity index is 2.80. The van der Waals surface area contributed by atoms with E-state index in [9.17, 15) is 5.11 Å². The van der Waals surface area contributed by atoms with Gasteiger partial charge >= 0.3 is 0 Å². The molecule has 1 heterocycles. The lowest BCUT2D eigenvalue weighted by Crippen LogP contribution is -2.55. The SMILES string of the molecule is CCC(C)(C(C)O)N1CCC(C)C1C. The quantitative estimate of drug-likeness (QED) is 0.753. The highest BCUT2D eigenvalue weighted by Crippen LogP contribution is 2.34. The molecule has 4 atom stereocenters. The molecule has 84 valence electrons. The summed E-state index contributed by atoms with van der Waals surface area (Å²) in [5.74, 6) is 0.764. The van der Waals surface area contributed by atoms with Gasteiger partial charge in [-0.05, 0) is 46.1 Å². The second kappa shape index (κ2) is 4.19. The first kappa shape index (κ1) is 12.0. The lowest BCUT2D eigenvalue weighted by Gasteiger charge is -2.44. The minimum Gasteiger partial charge on any atom is -0.391 e. The average Bonchev–Trinajstić information content (AvgIpc) is 2.46. The van der Waals surface area contributed by atoms with Gasteiger partial charge in [-0.3, -0.25) is 4.90 Å². The Hall–Kier alpha value is -0.0800. The molecular weight excluding hydrogens is 174 g/mol. The Bertz CT molecular complexity index is 193. The Morgan fingerprint density at radius 2 is 2.07 bits per heavy atom. The van der Waals surface area contributed by atoms with E-state index in [2.05, 4.69) is 32.6 Å². The monoisotopic (exact) mass is 199 g/mol. The minimum absolute atomic E-state index is 0.0375.